The summed E-state index contributed by atoms with van der Waals surface area (Å²) in [6.07, 6.45) is 0.692. The van der Waals surface area contributed by atoms with Gasteiger partial charge in [0, 0.05) is 12.8 Å². The van der Waals surface area contributed by atoms with Crippen LogP contribution in [-0.4, -0.2) is 36.2 Å². The monoisotopic (exact) mass is 308 g/mol. The number of rotatable bonds is 6. The zero-order valence-corrected chi connectivity index (χ0v) is 13.2. The SMILES string of the molecule is CCCC(=O)OC[C@H]1O[C@H](Oc2ccc(C)cc2)CC[C@@H]1O. The normalized spacial score (nSPS) is 24.8. The standard InChI is InChI=1S/C17H24O5/c1-3-4-16(19)20-11-15-14(18)9-10-17(22-15)21-13-7-5-12(2)6-8-13/h5-8,14-15,17-18H,3-4,9-11H2,1-2H3/t14-,15+,17-/m0/s1. The summed E-state index contributed by atoms with van der Waals surface area (Å²) in [7, 11) is 0. The number of carbonyl (C=O) groups excluding carboxylic acids is 1. The third kappa shape index (κ3) is 5.00. The molecule has 5 nitrogen and oxygen atoms in total. The first-order valence-electron chi connectivity index (χ1n) is 7.81. The third-order valence-electron chi connectivity index (χ3n) is 3.61. The molecule has 5 heteroatoms. The van der Waals surface area contributed by atoms with Crippen LogP contribution in [0.4, 0.5) is 0 Å². The summed E-state index contributed by atoms with van der Waals surface area (Å²) < 4.78 is 16.6. The summed E-state index contributed by atoms with van der Waals surface area (Å²) in [5.41, 5.74) is 1.16. The zero-order valence-electron chi connectivity index (χ0n) is 13.2. The van der Waals surface area contributed by atoms with Gasteiger partial charge in [-0.1, -0.05) is 24.6 Å². The maximum Gasteiger partial charge on any atom is 0.305 e. The van der Waals surface area contributed by atoms with Crippen LogP contribution in [0.5, 0.6) is 5.75 Å². The highest BCUT2D eigenvalue weighted by Gasteiger charge is 2.32. The number of aliphatic hydroxyl groups excluding tert-OH is 1. The number of ether oxygens (including phenoxy) is 3. The maximum absolute atomic E-state index is 11.4. The zero-order chi connectivity index (χ0) is 15.9. The second kappa shape index (κ2) is 8.15. The number of hydrogen-bond donors (Lipinski definition) is 1. The fraction of sp³-hybridized carbons (Fsp3) is 0.588. The van der Waals surface area contributed by atoms with Crippen molar-refractivity contribution in [3.8, 4) is 5.75 Å². The molecule has 122 valence electrons. The van der Waals surface area contributed by atoms with Crippen molar-refractivity contribution in [2.24, 2.45) is 0 Å². The molecule has 0 spiro atoms. The number of aliphatic hydroxyl groups is 1. The largest absolute Gasteiger partial charge is 0.465 e. The molecule has 1 aliphatic heterocycles. The molecule has 0 saturated carbocycles. The second-order valence-electron chi connectivity index (χ2n) is 5.61. The van der Waals surface area contributed by atoms with Gasteiger partial charge in [0.15, 0.2) is 6.29 Å². The van der Waals surface area contributed by atoms with Gasteiger partial charge in [-0.15, -0.1) is 0 Å². The highest BCUT2D eigenvalue weighted by molar-refractivity contribution is 5.69. The molecule has 1 saturated heterocycles. The minimum absolute atomic E-state index is 0.0633. The predicted octanol–water partition coefficient (Wildman–Crippen LogP) is 2.58. The molecule has 0 bridgehead atoms. The molecule has 22 heavy (non-hydrogen) atoms. The quantitative estimate of drug-likeness (QED) is 0.818. The Balaban J connectivity index is 1.84. The summed E-state index contributed by atoms with van der Waals surface area (Å²) in [4.78, 5) is 11.4. The van der Waals surface area contributed by atoms with E-state index in [0.717, 1.165) is 17.7 Å². The summed E-state index contributed by atoms with van der Waals surface area (Å²) in [5, 5.41) is 9.96. The third-order valence-corrected chi connectivity index (χ3v) is 3.61. The van der Waals surface area contributed by atoms with Crippen LogP contribution < -0.4 is 4.74 Å². The Bertz CT molecular complexity index is 470. The van der Waals surface area contributed by atoms with Crippen LogP contribution in [-0.2, 0) is 14.3 Å². The number of esters is 1. The van der Waals surface area contributed by atoms with Gasteiger partial charge in [-0.25, -0.2) is 0 Å². The molecular formula is C17H24O5. The smallest absolute Gasteiger partial charge is 0.305 e. The lowest BCUT2D eigenvalue weighted by molar-refractivity contribution is -0.203. The van der Waals surface area contributed by atoms with E-state index in [9.17, 15) is 9.90 Å². The van der Waals surface area contributed by atoms with Crippen molar-refractivity contribution in [2.45, 2.75) is 58.0 Å². The van der Waals surface area contributed by atoms with Crippen molar-refractivity contribution >= 4 is 5.97 Å². The van der Waals surface area contributed by atoms with Gasteiger partial charge in [-0.2, -0.15) is 0 Å². The Kier molecular flexibility index (Phi) is 6.21. The van der Waals surface area contributed by atoms with Crippen LogP contribution in [0, 0.1) is 6.92 Å². The van der Waals surface area contributed by atoms with Gasteiger partial charge in [0.05, 0.1) is 6.10 Å². The van der Waals surface area contributed by atoms with Crippen molar-refractivity contribution in [2.75, 3.05) is 6.61 Å². The Labute approximate surface area is 131 Å². The van der Waals surface area contributed by atoms with E-state index in [2.05, 4.69) is 0 Å². The molecule has 1 fully saturated rings. The van der Waals surface area contributed by atoms with Crippen LogP contribution >= 0.6 is 0 Å². The number of aryl methyl sites for hydroxylation is 1. The van der Waals surface area contributed by atoms with Gasteiger partial charge in [0.2, 0.25) is 0 Å². The van der Waals surface area contributed by atoms with Crippen LogP contribution in [0.3, 0.4) is 0 Å². The molecule has 1 aliphatic rings. The number of benzene rings is 1. The molecule has 3 atom stereocenters. The van der Waals surface area contributed by atoms with E-state index in [-0.39, 0.29) is 12.6 Å². The average Bonchev–Trinajstić information content (AvgIpc) is 2.50. The van der Waals surface area contributed by atoms with Gasteiger partial charge >= 0.3 is 5.97 Å². The molecule has 0 aliphatic carbocycles. The fourth-order valence-electron chi connectivity index (χ4n) is 2.30. The fourth-order valence-corrected chi connectivity index (χ4v) is 2.30. The van der Waals surface area contributed by atoms with E-state index >= 15 is 0 Å². The maximum atomic E-state index is 11.4. The molecule has 1 heterocycles. The van der Waals surface area contributed by atoms with Crippen LogP contribution in [0.25, 0.3) is 0 Å². The van der Waals surface area contributed by atoms with Crippen molar-refractivity contribution in [3.05, 3.63) is 29.8 Å². The summed E-state index contributed by atoms with van der Waals surface area (Å²) in [6.45, 7) is 3.99. The first-order chi connectivity index (χ1) is 10.6. The van der Waals surface area contributed by atoms with Gasteiger partial charge < -0.3 is 19.3 Å². The molecule has 0 unspecified atom stereocenters. The van der Waals surface area contributed by atoms with Crippen LogP contribution in [0.2, 0.25) is 0 Å². The van der Waals surface area contributed by atoms with Crippen molar-refractivity contribution < 1.29 is 24.1 Å². The van der Waals surface area contributed by atoms with Gasteiger partial charge in [-0.05, 0) is 31.9 Å². The molecule has 0 aromatic heterocycles. The highest BCUT2D eigenvalue weighted by Crippen LogP contribution is 2.23. The lowest BCUT2D eigenvalue weighted by Gasteiger charge is -2.33. The Morgan fingerprint density at radius 3 is 2.73 bits per heavy atom. The summed E-state index contributed by atoms with van der Waals surface area (Å²) in [6, 6.07) is 7.72. The molecular weight excluding hydrogens is 284 g/mol. The Hall–Kier alpha value is -1.59. The van der Waals surface area contributed by atoms with Crippen LogP contribution in [0.15, 0.2) is 24.3 Å². The first-order valence-corrected chi connectivity index (χ1v) is 7.81. The number of carbonyl (C=O) groups is 1. The molecule has 2 rings (SSSR count). The Morgan fingerprint density at radius 2 is 2.05 bits per heavy atom. The van der Waals surface area contributed by atoms with E-state index in [0.29, 0.717) is 19.3 Å². The van der Waals surface area contributed by atoms with Gasteiger partial charge in [0.1, 0.15) is 18.5 Å². The van der Waals surface area contributed by atoms with E-state index in [4.69, 9.17) is 14.2 Å². The van der Waals surface area contributed by atoms with Crippen molar-refractivity contribution in [1.29, 1.82) is 0 Å². The van der Waals surface area contributed by atoms with E-state index in [1.54, 1.807) is 0 Å². The summed E-state index contributed by atoms with van der Waals surface area (Å²) >= 11 is 0. The molecule has 0 amide bonds. The van der Waals surface area contributed by atoms with Crippen LogP contribution in [0.1, 0.15) is 38.2 Å². The van der Waals surface area contributed by atoms with Gasteiger partial charge in [0.25, 0.3) is 0 Å². The average molecular weight is 308 g/mol. The second-order valence-corrected chi connectivity index (χ2v) is 5.61. The minimum atomic E-state index is -0.632. The molecule has 0 radical (unpaired) electrons. The van der Waals surface area contributed by atoms with Crippen molar-refractivity contribution in [1.82, 2.24) is 0 Å². The highest BCUT2D eigenvalue weighted by atomic mass is 16.7. The Morgan fingerprint density at radius 1 is 1.32 bits per heavy atom. The number of hydrogen-bond acceptors (Lipinski definition) is 5. The molecule has 1 aromatic carbocycles. The van der Waals surface area contributed by atoms with E-state index in [1.807, 2.05) is 38.1 Å². The lowest BCUT2D eigenvalue weighted by Crippen LogP contribution is -2.44. The molecule has 1 N–H and O–H groups in total. The minimum Gasteiger partial charge on any atom is -0.465 e. The van der Waals surface area contributed by atoms with E-state index in [1.165, 1.54) is 0 Å². The summed E-state index contributed by atoms with van der Waals surface area (Å²) in [5.74, 6) is 0.466. The first kappa shape index (κ1) is 16.8. The van der Waals surface area contributed by atoms with Gasteiger partial charge in [-0.3, -0.25) is 4.79 Å². The lowest BCUT2D eigenvalue weighted by atomic mass is 10.1. The topological polar surface area (TPSA) is 65.0 Å². The predicted molar refractivity (Wildman–Crippen MR) is 81.6 cm³/mol. The van der Waals surface area contributed by atoms with E-state index < -0.39 is 18.5 Å². The molecule has 1 aromatic rings. The van der Waals surface area contributed by atoms with Crippen molar-refractivity contribution in [3.63, 3.8) is 0 Å².